The lowest BCUT2D eigenvalue weighted by Crippen LogP contribution is -2.26. The molecule has 0 amide bonds. The van der Waals surface area contributed by atoms with Gasteiger partial charge in [0.15, 0.2) is 0 Å². The highest BCUT2D eigenvalue weighted by Gasteiger charge is 2.53. The lowest BCUT2D eigenvalue weighted by atomic mass is 9.70. The van der Waals surface area contributed by atoms with Crippen molar-refractivity contribution in [1.82, 2.24) is 0 Å². The molecular weight excluding hydrogens is 773 g/mol. The number of benzene rings is 10. The Morgan fingerprint density at radius 1 is 0.281 bits per heavy atom. The van der Waals surface area contributed by atoms with Crippen LogP contribution in [0.4, 0.5) is 34.1 Å². The highest BCUT2D eigenvalue weighted by Crippen LogP contribution is 2.65. The van der Waals surface area contributed by atoms with Crippen molar-refractivity contribution in [3.63, 3.8) is 0 Å². The summed E-state index contributed by atoms with van der Waals surface area (Å²) >= 11 is 0. The average Bonchev–Trinajstić information content (AvgIpc) is 3.91. The Labute approximate surface area is 375 Å². The van der Waals surface area contributed by atoms with Crippen LogP contribution in [-0.2, 0) is 10.8 Å². The van der Waals surface area contributed by atoms with E-state index in [4.69, 9.17) is 0 Å². The first-order valence-electron chi connectivity index (χ1n) is 22.4. The molecule has 2 nitrogen and oxygen atoms in total. The van der Waals surface area contributed by atoms with Gasteiger partial charge in [-0.3, -0.25) is 0 Å². The van der Waals surface area contributed by atoms with Gasteiger partial charge in [0.25, 0.3) is 0 Å². The minimum atomic E-state index is -0.588. The number of para-hydroxylation sites is 3. The summed E-state index contributed by atoms with van der Waals surface area (Å²) in [6, 6.07) is 85.8. The summed E-state index contributed by atoms with van der Waals surface area (Å²) in [6.45, 7) is 4.75. The summed E-state index contributed by atoms with van der Waals surface area (Å²) in [5.74, 6) is 0. The maximum atomic E-state index is 2.56. The number of hydrogen-bond donors (Lipinski definition) is 0. The standard InChI is InChI=1S/C62H44N2/c1-61(2)53-31-17-14-26-46(53)48-36-35-45(38-56(48)61)64(43-24-10-5-11-25-43)59-40-58-60(51-29-13-12-28-50(51)59)52-30-16-19-33-55(52)62(58)54-32-18-15-27-47(54)49-37-34-44(39-57(49)62)63(41-20-6-3-7-21-41)42-22-8-4-9-23-42/h3-40H,1-2H3. The van der Waals surface area contributed by atoms with Gasteiger partial charge in [-0.1, -0.05) is 178 Å². The smallest absolute Gasteiger partial charge is 0.0727 e. The van der Waals surface area contributed by atoms with Crippen molar-refractivity contribution in [2.24, 2.45) is 0 Å². The zero-order valence-electron chi connectivity index (χ0n) is 35.8. The van der Waals surface area contributed by atoms with E-state index in [0.717, 1.165) is 28.4 Å². The van der Waals surface area contributed by atoms with Gasteiger partial charge in [-0.25, -0.2) is 0 Å². The molecule has 0 saturated carbocycles. The number of hydrogen-bond acceptors (Lipinski definition) is 2. The van der Waals surface area contributed by atoms with Crippen molar-refractivity contribution in [2.75, 3.05) is 9.80 Å². The average molecular weight is 817 g/mol. The van der Waals surface area contributed by atoms with Crippen molar-refractivity contribution in [2.45, 2.75) is 24.7 Å². The van der Waals surface area contributed by atoms with Crippen LogP contribution in [0.15, 0.2) is 231 Å². The zero-order chi connectivity index (χ0) is 42.6. The van der Waals surface area contributed by atoms with Crippen LogP contribution in [0.5, 0.6) is 0 Å². The molecule has 0 saturated heterocycles. The highest BCUT2D eigenvalue weighted by atomic mass is 15.1. The van der Waals surface area contributed by atoms with Gasteiger partial charge < -0.3 is 9.80 Å². The van der Waals surface area contributed by atoms with E-state index in [-0.39, 0.29) is 5.41 Å². The Hall–Kier alpha value is -7.94. The largest absolute Gasteiger partial charge is 0.310 e. The molecule has 0 radical (unpaired) electrons. The van der Waals surface area contributed by atoms with E-state index in [1.54, 1.807) is 0 Å². The number of anilines is 6. The van der Waals surface area contributed by atoms with Crippen LogP contribution in [0.2, 0.25) is 0 Å². The summed E-state index contributed by atoms with van der Waals surface area (Å²) in [4.78, 5) is 4.92. The van der Waals surface area contributed by atoms with Crippen LogP contribution in [0.25, 0.3) is 44.2 Å². The third kappa shape index (κ3) is 5.02. The maximum absolute atomic E-state index is 2.56. The Balaban J connectivity index is 1.11. The Morgan fingerprint density at radius 3 is 1.33 bits per heavy atom. The van der Waals surface area contributed by atoms with Gasteiger partial charge in [0.05, 0.1) is 11.1 Å². The van der Waals surface area contributed by atoms with Crippen LogP contribution in [0, 0.1) is 0 Å². The van der Waals surface area contributed by atoms with Crippen molar-refractivity contribution in [3.05, 3.63) is 264 Å². The van der Waals surface area contributed by atoms with Gasteiger partial charge in [-0.15, -0.1) is 0 Å². The number of nitrogens with zero attached hydrogens (tertiary/aromatic N) is 2. The van der Waals surface area contributed by atoms with Gasteiger partial charge in [-0.2, -0.15) is 0 Å². The van der Waals surface area contributed by atoms with Gasteiger partial charge in [-0.05, 0) is 139 Å². The zero-order valence-corrected chi connectivity index (χ0v) is 35.8. The normalized spacial score (nSPS) is 15.5. The Morgan fingerprint density at radius 2 is 0.703 bits per heavy atom. The first-order valence-corrected chi connectivity index (χ1v) is 22.4. The number of rotatable bonds is 6. The summed E-state index contributed by atoms with van der Waals surface area (Å²) in [6.07, 6.45) is 0. The van der Waals surface area contributed by atoms with Crippen molar-refractivity contribution >= 4 is 44.9 Å². The highest BCUT2D eigenvalue weighted by molar-refractivity contribution is 6.12. The van der Waals surface area contributed by atoms with Crippen LogP contribution < -0.4 is 9.80 Å². The number of fused-ring (bicyclic) bond motifs is 15. The summed E-state index contributed by atoms with van der Waals surface area (Å²) in [5.41, 5.74) is 21.9. The predicted molar refractivity (Wildman–Crippen MR) is 267 cm³/mol. The van der Waals surface area contributed by atoms with E-state index in [0.29, 0.717) is 0 Å². The molecule has 64 heavy (non-hydrogen) atoms. The fraction of sp³-hybridized carbons (Fsp3) is 0.0645. The fourth-order valence-electron chi connectivity index (χ4n) is 11.7. The summed E-state index contributed by atoms with van der Waals surface area (Å²) < 4.78 is 0. The summed E-state index contributed by atoms with van der Waals surface area (Å²) in [5, 5.41) is 2.48. The van der Waals surface area contributed by atoms with Crippen molar-refractivity contribution < 1.29 is 0 Å². The molecule has 2 heteroatoms. The molecule has 1 unspecified atom stereocenters. The van der Waals surface area contributed by atoms with E-state index in [1.807, 2.05) is 0 Å². The van der Waals surface area contributed by atoms with Crippen LogP contribution in [0.3, 0.4) is 0 Å². The minimum absolute atomic E-state index is 0.141. The molecule has 0 fully saturated rings. The molecule has 10 aromatic rings. The van der Waals surface area contributed by atoms with Crippen molar-refractivity contribution in [1.29, 1.82) is 0 Å². The molecule has 10 aromatic carbocycles. The monoisotopic (exact) mass is 816 g/mol. The quantitative estimate of drug-likeness (QED) is 0.165. The van der Waals surface area contributed by atoms with Gasteiger partial charge in [0.1, 0.15) is 0 Å². The SMILES string of the molecule is CC1(C)c2ccccc2-c2ccc(N(c3ccccc3)c3cc4c(c5ccccc35)-c3ccccc3C43c4ccccc4-c4ccc(N(c5ccccc5)c5ccccc5)cc43)cc21. The second-order valence-corrected chi connectivity index (χ2v) is 18.0. The first kappa shape index (κ1) is 36.7. The molecule has 3 aliphatic rings. The molecule has 0 N–H and O–H groups in total. The molecular formula is C62H44N2. The first-order chi connectivity index (χ1) is 31.5. The summed E-state index contributed by atoms with van der Waals surface area (Å²) in [7, 11) is 0. The molecule has 1 spiro atoms. The molecule has 0 aliphatic heterocycles. The predicted octanol–water partition coefficient (Wildman–Crippen LogP) is 16.4. The topological polar surface area (TPSA) is 6.48 Å². The molecule has 302 valence electrons. The van der Waals surface area contributed by atoms with Gasteiger partial charge >= 0.3 is 0 Å². The second-order valence-electron chi connectivity index (χ2n) is 18.0. The lowest BCUT2D eigenvalue weighted by Gasteiger charge is -2.34. The lowest BCUT2D eigenvalue weighted by molar-refractivity contribution is 0.660. The molecule has 0 heterocycles. The molecule has 1 atom stereocenters. The molecule has 3 aliphatic carbocycles. The van der Waals surface area contributed by atoms with Crippen molar-refractivity contribution in [3.8, 4) is 33.4 Å². The van der Waals surface area contributed by atoms with Crippen LogP contribution in [0.1, 0.15) is 47.2 Å². The molecule has 0 bridgehead atoms. The van der Waals surface area contributed by atoms with E-state index in [9.17, 15) is 0 Å². The fourth-order valence-corrected chi connectivity index (χ4v) is 11.7. The third-order valence-electron chi connectivity index (χ3n) is 14.4. The van der Waals surface area contributed by atoms with Gasteiger partial charge in [0, 0.05) is 39.2 Å². The molecule has 0 aromatic heterocycles. The van der Waals surface area contributed by atoms with Crippen LogP contribution in [-0.4, -0.2) is 0 Å². The molecule has 13 rings (SSSR count). The third-order valence-corrected chi connectivity index (χ3v) is 14.4. The van der Waals surface area contributed by atoms with E-state index < -0.39 is 5.41 Å². The minimum Gasteiger partial charge on any atom is -0.310 e. The van der Waals surface area contributed by atoms with E-state index >= 15 is 0 Å². The second kappa shape index (κ2) is 13.8. The van der Waals surface area contributed by atoms with Crippen LogP contribution >= 0.6 is 0 Å². The van der Waals surface area contributed by atoms with Gasteiger partial charge in [0.2, 0.25) is 0 Å². The Bertz CT molecular complexity index is 3440. The van der Waals surface area contributed by atoms with E-state index in [1.165, 1.54) is 83.2 Å². The Kier molecular flexibility index (Phi) is 7.90. The van der Waals surface area contributed by atoms with E-state index in [2.05, 4.69) is 254 Å². The maximum Gasteiger partial charge on any atom is 0.0727 e.